The summed E-state index contributed by atoms with van der Waals surface area (Å²) >= 11 is 6.14. The number of benzene rings is 1. The van der Waals surface area contributed by atoms with Gasteiger partial charge in [-0.3, -0.25) is 4.68 Å². The highest BCUT2D eigenvalue weighted by Crippen LogP contribution is 2.30. The van der Waals surface area contributed by atoms with Crippen molar-refractivity contribution in [2.45, 2.75) is 24.8 Å². The summed E-state index contributed by atoms with van der Waals surface area (Å²) in [5.74, 6) is 0. The normalized spacial score (nSPS) is 11.8. The largest absolute Gasteiger partial charge is 0.272 e. The van der Waals surface area contributed by atoms with Gasteiger partial charge in [0.2, 0.25) is 5.28 Å². The van der Waals surface area contributed by atoms with Crippen LogP contribution in [-0.2, 0) is 16.6 Å². The van der Waals surface area contributed by atoms with Gasteiger partial charge >= 0.3 is 0 Å². The molecule has 1 aromatic carbocycles. The van der Waals surface area contributed by atoms with Gasteiger partial charge in [0.05, 0.1) is 16.8 Å². The number of allylic oxidation sites excluding steroid dienone is 1. The molecule has 0 saturated heterocycles. The molecule has 29 heavy (non-hydrogen) atoms. The Morgan fingerprint density at radius 3 is 2.66 bits per heavy atom. The molecule has 0 N–H and O–H groups in total. The average Bonchev–Trinajstić information content (AvgIpc) is 3.33. The highest BCUT2D eigenvalue weighted by molar-refractivity contribution is 7.90. The molecule has 0 aliphatic heterocycles. The van der Waals surface area contributed by atoms with Crippen LogP contribution in [-0.4, -0.2) is 32.1 Å². The number of hydrogen-bond donors (Lipinski definition) is 0. The quantitative estimate of drug-likeness (QED) is 0.342. The molecule has 9 heteroatoms. The van der Waals surface area contributed by atoms with E-state index in [4.69, 9.17) is 11.6 Å². The maximum atomic E-state index is 13.1. The molecule has 0 amide bonds. The van der Waals surface area contributed by atoms with Crippen molar-refractivity contribution in [1.82, 2.24) is 23.7 Å². The summed E-state index contributed by atoms with van der Waals surface area (Å²) in [6, 6.07) is 8.33. The van der Waals surface area contributed by atoms with Crippen LogP contribution in [0.5, 0.6) is 0 Å². The summed E-state index contributed by atoms with van der Waals surface area (Å²) in [5.41, 5.74) is 2.46. The van der Waals surface area contributed by atoms with Crippen LogP contribution >= 0.6 is 11.6 Å². The summed E-state index contributed by atoms with van der Waals surface area (Å²) in [5, 5.41) is 4.86. The van der Waals surface area contributed by atoms with Crippen LogP contribution in [0.1, 0.15) is 12.0 Å². The van der Waals surface area contributed by atoms with Crippen LogP contribution in [0.15, 0.2) is 66.5 Å². The van der Waals surface area contributed by atoms with Crippen molar-refractivity contribution >= 4 is 32.7 Å². The Bertz CT molecular complexity index is 1310. The number of halogens is 1. The Balaban J connectivity index is 1.84. The lowest BCUT2D eigenvalue weighted by molar-refractivity contribution is 0.588. The van der Waals surface area contributed by atoms with E-state index in [1.165, 1.54) is 6.20 Å². The SMILES string of the molecule is C=CCCn1cc(-c2nc(Cl)nc3c2ccn3S(=O)(=O)c2ccc(C)cc2)cn1. The lowest BCUT2D eigenvalue weighted by Crippen LogP contribution is -2.12. The molecule has 3 heterocycles. The molecule has 0 unspecified atom stereocenters. The molecule has 3 aromatic heterocycles. The van der Waals surface area contributed by atoms with Gasteiger partial charge < -0.3 is 0 Å². The Morgan fingerprint density at radius 1 is 1.17 bits per heavy atom. The molecule has 0 bridgehead atoms. The molecule has 0 radical (unpaired) electrons. The zero-order valence-corrected chi connectivity index (χ0v) is 17.2. The molecule has 7 nitrogen and oxygen atoms in total. The van der Waals surface area contributed by atoms with Crippen LogP contribution in [0.4, 0.5) is 0 Å². The fraction of sp³-hybridized carbons (Fsp3) is 0.150. The van der Waals surface area contributed by atoms with Crippen molar-refractivity contribution in [3.8, 4) is 11.3 Å². The monoisotopic (exact) mass is 427 g/mol. The van der Waals surface area contributed by atoms with E-state index in [0.29, 0.717) is 17.6 Å². The van der Waals surface area contributed by atoms with Crippen LogP contribution in [0.2, 0.25) is 5.28 Å². The molecule has 148 valence electrons. The predicted molar refractivity (Wildman–Crippen MR) is 112 cm³/mol. The van der Waals surface area contributed by atoms with E-state index >= 15 is 0 Å². The molecular weight excluding hydrogens is 410 g/mol. The van der Waals surface area contributed by atoms with E-state index in [1.54, 1.807) is 41.2 Å². The second-order valence-electron chi connectivity index (χ2n) is 6.58. The van der Waals surface area contributed by atoms with Gasteiger partial charge in [-0.25, -0.2) is 17.4 Å². The van der Waals surface area contributed by atoms with Crippen molar-refractivity contribution < 1.29 is 8.42 Å². The number of aryl methyl sites for hydroxylation is 2. The molecule has 4 aromatic rings. The third-order valence-corrected chi connectivity index (χ3v) is 6.38. The topological polar surface area (TPSA) is 82.7 Å². The van der Waals surface area contributed by atoms with E-state index in [0.717, 1.165) is 21.5 Å². The zero-order chi connectivity index (χ0) is 20.6. The molecular formula is C20H18ClN5O2S. The second kappa shape index (κ2) is 7.46. The fourth-order valence-corrected chi connectivity index (χ4v) is 4.49. The summed E-state index contributed by atoms with van der Waals surface area (Å²) in [7, 11) is -3.83. The molecule has 0 aliphatic rings. The van der Waals surface area contributed by atoms with Crippen molar-refractivity contribution in [1.29, 1.82) is 0 Å². The van der Waals surface area contributed by atoms with Crippen molar-refractivity contribution in [2.24, 2.45) is 0 Å². The van der Waals surface area contributed by atoms with Crippen LogP contribution in [0.25, 0.3) is 22.3 Å². The lowest BCUT2D eigenvalue weighted by atomic mass is 10.2. The first kappa shape index (κ1) is 19.4. The number of aromatic nitrogens is 5. The molecule has 0 saturated carbocycles. The maximum absolute atomic E-state index is 13.1. The smallest absolute Gasteiger partial charge is 0.269 e. The first-order valence-corrected chi connectivity index (χ1v) is 10.7. The number of hydrogen-bond acceptors (Lipinski definition) is 5. The number of rotatable bonds is 6. The van der Waals surface area contributed by atoms with Gasteiger partial charge in [-0.1, -0.05) is 23.8 Å². The minimum absolute atomic E-state index is 0.0367. The molecule has 0 spiro atoms. The molecule has 0 atom stereocenters. The van der Waals surface area contributed by atoms with Gasteiger partial charge in [-0.05, 0) is 43.1 Å². The van der Waals surface area contributed by atoms with Gasteiger partial charge in [0.1, 0.15) is 0 Å². The third kappa shape index (κ3) is 3.56. The average molecular weight is 428 g/mol. The molecule has 0 fully saturated rings. The Hall–Kier alpha value is -2.97. The summed E-state index contributed by atoms with van der Waals surface area (Å²) < 4.78 is 29.2. The minimum atomic E-state index is -3.83. The fourth-order valence-electron chi connectivity index (χ4n) is 3.03. The first-order valence-electron chi connectivity index (χ1n) is 8.91. The molecule has 4 rings (SSSR count). The second-order valence-corrected chi connectivity index (χ2v) is 8.73. The van der Waals surface area contributed by atoms with Crippen molar-refractivity contribution in [3.63, 3.8) is 0 Å². The standard InChI is InChI=1S/C20H18ClN5O2S/c1-3-4-10-25-13-15(12-22-25)18-17-9-11-26(19(17)24-20(21)23-18)29(27,28)16-7-5-14(2)6-8-16/h3,5-9,11-13H,1,4,10H2,2H3. The Morgan fingerprint density at radius 2 is 1.93 bits per heavy atom. The first-order chi connectivity index (χ1) is 13.9. The summed E-state index contributed by atoms with van der Waals surface area (Å²) in [6.45, 7) is 6.30. The van der Waals surface area contributed by atoms with E-state index in [2.05, 4.69) is 21.6 Å². The zero-order valence-electron chi connectivity index (χ0n) is 15.7. The summed E-state index contributed by atoms with van der Waals surface area (Å²) in [4.78, 5) is 8.68. The summed E-state index contributed by atoms with van der Waals surface area (Å²) in [6.07, 6.45) is 7.58. The van der Waals surface area contributed by atoms with E-state index in [1.807, 2.05) is 19.2 Å². The number of fused-ring (bicyclic) bond motifs is 1. The lowest BCUT2D eigenvalue weighted by Gasteiger charge is -2.08. The van der Waals surface area contributed by atoms with E-state index < -0.39 is 10.0 Å². The van der Waals surface area contributed by atoms with Crippen molar-refractivity contribution in [3.05, 3.63) is 72.4 Å². The van der Waals surface area contributed by atoms with Gasteiger partial charge in [0.15, 0.2) is 5.65 Å². The third-order valence-electron chi connectivity index (χ3n) is 4.53. The van der Waals surface area contributed by atoms with Crippen molar-refractivity contribution in [2.75, 3.05) is 0 Å². The van der Waals surface area contributed by atoms with Crippen LogP contribution < -0.4 is 0 Å². The van der Waals surface area contributed by atoms with Gasteiger partial charge in [-0.2, -0.15) is 10.1 Å². The molecule has 0 aliphatic carbocycles. The Kier molecular flexibility index (Phi) is 4.97. The van der Waals surface area contributed by atoms with Gasteiger partial charge in [0, 0.05) is 29.9 Å². The van der Waals surface area contributed by atoms with E-state index in [-0.39, 0.29) is 15.8 Å². The predicted octanol–water partition coefficient (Wildman–Crippen LogP) is 4.07. The van der Waals surface area contributed by atoms with Crippen LogP contribution in [0, 0.1) is 6.92 Å². The Labute approximate surface area is 173 Å². The highest BCUT2D eigenvalue weighted by atomic mass is 35.5. The van der Waals surface area contributed by atoms with Gasteiger partial charge in [-0.15, -0.1) is 6.58 Å². The van der Waals surface area contributed by atoms with Crippen LogP contribution in [0.3, 0.4) is 0 Å². The van der Waals surface area contributed by atoms with E-state index in [9.17, 15) is 8.42 Å². The minimum Gasteiger partial charge on any atom is -0.272 e. The maximum Gasteiger partial charge on any atom is 0.269 e. The highest BCUT2D eigenvalue weighted by Gasteiger charge is 2.22. The number of nitrogens with zero attached hydrogens (tertiary/aromatic N) is 5. The van der Waals surface area contributed by atoms with Gasteiger partial charge in [0.25, 0.3) is 10.0 Å².